The maximum atomic E-state index is 11.9. The molecule has 0 aromatic heterocycles. The number of hydrogen-bond donors (Lipinski definition) is 2. The molecule has 0 amide bonds. The van der Waals surface area contributed by atoms with Crippen molar-refractivity contribution in [3.8, 4) is 5.75 Å². The standard InChI is InChI=1S/C27H37NO4/c1-26(2,3)22-7-10-23(11-8-22)32-24-9-6-20-14-19(4-5-21(20)15-24)16-28-17-27(12-13-27)25(30)31-18-29/h4-6,9,14-15,22-23,28-29H,7-8,10-13,16-18H2,1-3H3. The first-order valence-electron chi connectivity index (χ1n) is 12.0. The van der Waals surface area contributed by atoms with E-state index in [-0.39, 0.29) is 5.97 Å². The van der Waals surface area contributed by atoms with Crippen LogP contribution in [0.25, 0.3) is 10.8 Å². The predicted octanol–water partition coefficient (Wildman–Crippen LogP) is 5.19. The van der Waals surface area contributed by atoms with Crippen LogP contribution in [0, 0.1) is 16.7 Å². The lowest BCUT2D eigenvalue weighted by atomic mass is 9.72. The van der Waals surface area contributed by atoms with Crippen LogP contribution in [0.15, 0.2) is 36.4 Å². The van der Waals surface area contributed by atoms with Crippen molar-refractivity contribution in [2.24, 2.45) is 16.7 Å². The van der Waals surface area contributed by atoms with Gasteiger partial charge in [-0.3, -0.25) is 4.79 Å². The summed E-state index contributed by atoms with van der Waals surface area (Å²) in [6.45, 7) is 7.77. The minimum atomic E-state index is -0.546. The van der Waals surface area contributed by atoms with Gasteiger partial charge in [0.2, 0.25) is 0 Å². The molecule has 2 aliphatic carbocycles. The Labute approximate surface area is 191 Å². The highest BCUT2D eigenvalue weighted by Crippen LogP contribution is 2.46. The van der Waals surface area contributed by atoms with E-state index in [4.69, 9.17) is 14.6 Å². The van der Waals surface area contributed by atoms with Crippen LogP contribution in [0.2, 0.25) is 0 Å². The van der Waals surface area contributed by atoms with E-state index in [9.17, 15) is 4.79 Å². The van der Waals surface area contributed by atoms with Crippen LogP contribution in [0.5, 0.6) is 5.75 Å². The molecule has 2 fully saturated rings. The average molecular weight is 440 g/mol. The van der Waals surface area contributed by atoms with Crippen molar-refractivity contribution in [2.75, 3.05) is 13.3 Å². The second-order valence-corrected chi connectivity index (χ2v) is 10.7. The average Bonchev–Trinajstić information content (AvgIpc) is 3.55. The molecule has 5 nitrogen and oxygen atoms in total. The van der Waals surface area contributed by atoms with Crippen LogP contribution in [0.3, 0.4) is 0 Å². The van der Waals surface area contributed by atoms with Crippen LogP contribution in [0.4, 0.5) is 0 Å². The van der Waals surface area contributed by atoms with Gasteiger partial charge in [-0.05, 0) is 84.4 Å². The van der Waals surface area contributed by atoms with Gasteiger partial charge in [0.05, 0.1) is 11.5 Å². The van der Waals surface area contributed by atoms with Crippen molar-refractivity contribution in [1.82, 2.24) is 5.32 Å². The second-order valence-electron chi connectivity index (χ2n) is 10.7. The molecule has 32 heavy (non-hydrogen) atoms. The number of esters is 1. The summed E-state index contributed by atoms with van der Waals surface area (Å²) in [7, 11) is 0. The molecule has 2 saturated carbocycles. The van der Waals surface area contributed by atoms with E-state index in [0.717, 1.165) is 37.4 Å². The van der Waals surface area contributed by atoms with Gasteiger partial charge in [0.15, 0.2) is 6.79 Å². The molecule has 0 bridgehead atoms. The van der Waals surface area contributed by atoms with Crippen molar-refractivity contribution in [2.45, 2.75) is 71.9 Å². The smallest absolute Gasteiger partial charge is 0.315 e. The first-order valence-corrected chi connectivity index (χ1v) is 12.0. The molecule has 0 radical (unpaired) electrons. The van der Waals surface area contributed by atoms with Crippen LogP contribution < -0.4 is 10.1 Å². The van der Waals surface area contributed by atoms with Crippen LogP contribution >= 0.6 is 0 Å². The Kier molecular flexibility index (Phi) is 6.78. The van der Waals surface area contributed by atoms with Gasteiger partial charge < -0.3 is 19.9 Å². The van der Waals surface area contributed by atoms with Gasteiger partial charge in [0.25, 0.3) is 0 Å². The summed E-state index contributed by atoms with van der Waals surface area (Å²) in [5.41, 5.74) is 1.12. The topological polar surface area (TPSA) is 67.8 Å². The number of benzene rings is 2. The molecule has 0 aliphatic heterocycles. The van der Waals surface area contributed by atoms with E-state index < -0.39 is 12.2 Å². The van der Waals surface area contributed by atoms with E-state index >= 15 is 0 Å². The number of aliphatic hydroxyl groups excluding tert-OH is 1. The molecule has 2 aromatic rings. The largest absolute Gasteiger partial charge is 0.490 e. The molecule has 174 valence electrons. The van der Waals surface area contributed by atoms with Gasteiger partial charge in [-0.2, -0.15) is 0 Å². The van der Waals surface area contributed by atoms with Crippen molar-refractivity contribution >= 4 is 16.7 Å². The van der Waals surface area contributed by atoms with E-state index in [1.807, 2.05) is 0 Å². The molecule has 0 spiro atoms. The van der Waals surface area contributed by atoms with Gasteiger partial charge >= 0.3 is 5.97 Å². The number of ether oxygens (including phenoxy) is 2. The number of carbonyl (C=O) groups excluding carboxylic acids is 1. The number of hydrogen-bond acceptors (Lipinski definition) is 5. The number of fused-ring (bicyclic) bond motifs is 1. The highest BCUT2D eigenvalue weighted by molar-refractivity contribution is 5.84. The maximum absolute atomic E-state index is 11.9. The zero-order valence-corrected chi connectivity index (χ0v) is 19.7. The van der Waals surface area contributed by atoms with Crippen LogP contribution in [-0.4, -0.2) is 30.5 Å². The normalized spacial score (nSPS) is 22.5. The Morgan fingerprint density at radius 3 is 2.41 bits per heavy atom. The second kappa shape index (κ2) is 9.40. The SMILES string of the molecule is CC(C)(C)C1CCC(Oc2ccc3cc(CNCC4(C(=O)OCO)CC4)ccc3c2)CC1. The zero-order valence-electron chi connectivity index (χ0n) is 19.7. The van der Waals surface area contributed by atoms with Crippen LogP contribution in [0.1, 0.15) is 64.9 Å². The Bertz CT molecular complexity index is 936. The third-order valence-electron chi connectivity index (χ3n) is 7.35. The molecule has 0 atom stereocenters. The van der Waals surface area contributed by atoms with Crippen molar-refractivity contribution in [3.63, 3.8) is 0 Å². The molecule has 0 heterocycles. The Morgan fingerprint density at radius 2 is 1.75 bits per heavy atom. The molecule has 5 heteroatoms. The molecule has 0 saturated heterocycles. The van der Waals surface area contributed by atoms with Gasteiger partial charge in [-0.25, -0.2) is 0 Å². The first kappa shape index (κ1) is 23.1. The number of aliphatic hydroxyl groups is 1. The summed E-state index contributed by atoms with van der Waals surface area (Å²) in [4.78, 5) is 11.9. The summed E-state index contributed by atoms with van der Waals surface area (Å²) in [5, 5.41) is 14.6. The molecular weight excluding hydrogens is 402 g/mol. The minimum Gasteiger partial charge on any atom is -0.490 e. The van der Waals surface area contributed by atoms with Crippen molar-refractivity contribution in [1.29, 1.82) is 0 Å². The molecule has 0 unspecified atom stereocenters. The molecule has 2 aliphatic rings. The van der Waals surface area contributed by atoms with E-state index in [1.165, 1.54) is 29.2 Å². The molecular formula is C27H37NO4. The van der Waals surface area contributed by atoms with Gasteiger partial charge in [-0.1, -0.05) is 39.0 Å². The van der Waals surface area contributed by atoms with Crippen molar-refractivity contribution in [3.05, 3.63) is 42.0 Å². The fourth-order valence-electron chi connectivity index (χ4n) is 4.96. The summed E-state index contributed by atoms with van der Waals surface area (Å²) >= 11 is 0. The fourth-order valence-corrected chi connectivity index (χ4v) is 4.96. The summed E-state index contributed by atoms with van der Waals surface area (Å²) in [5.74, 6) is 1.45. The lowest BCUT2D eigenvalue weighted by Gasteiger charge is -2.37. The molecule has 2 N–H and O–H groups in total. The highest BCUT2D eigenvalue weighted by atomic mass is 16.6. The third-order valence-corrected chi connectivity index (χ3v) is 7.35. The van der Waals surface area contributed by atoms with E-state index in [2.05, 4.69) is 62.5 Å². The minimum absolute atomic E-state index is 0.301. The third kappa shape index (κ3) is 5.44. The van der Waals surface area contributed by atoms with Crippen LogP contribution in [-0.2, 0) is 16.1 Å². The Morgan fingerprint density at radius 1 is 1.06 bits per heavy atom. The zero-order chi connectivity index (χ0) is 22.8. The quantitative estimate of drug-likeness (QED) is 0.438. The maximum Gasteiger partial charge on any atom is 0.315 e. The lowest BCUT2D eigenvalue weighted by Crippen LogP contribution is -2.31. The predicted molar refractivity (Wildman–Crippen MR) is 126 cm³/mol. The first-order chi connectivity index (χ1) is 15.3. The number of nitrogens with one attached hydrogen (secondary N) is 1. The Hall–Kier alpha value is -2.11. The molecule has 4 rings (SSSR count). The lowest BCUT2D eigenvalue weighted by molar-refractivity contribution is -0.158. The van der Waals surface area contributed by atoms with E-state index in [1.54, 1.807) is 0 Å². The summed E-state index contributed by atoms with van der Waals surface area (Å²) < 4.78 is 11.1. The number of rotatable bonds is 8. The Balaban J connectivity index is 1.30. The van der Waals surface area contributed by atoms with Gasteiger partial charge in [-0.15, -0.1) is 0 Å². The summed E-state index contributed by atoms with van der Waals surface area (Å²) in [6.07, 6.45) is 6.72. The monoisotopic (exact) mass is 439 g/mol. The summed E-state index contributed by atoms with van der Waals surface area (Å²) in [6, 6.07) is 12.8. The fraction of sp³-hybridized carbons (Fsp3) is 0.593. The van der Waals surface area contributed by atoms with Gasteiger partial charge in [0, 0.05) is 13.1 Å². The highest BCUT2D eigenvalue weighted by Gasteiger charge is 2.50. The van der Waals surface area contributed by atoms with Gasteiger partial charge in [0.1, 0.15) is 5.75 Å². The van der Waals surface area contributed by atoms with E-state index in [0.29, 0.717) is 24.6 Å². The molecule has 2 aromatic carbocycles. The number of carbonyl (C=O) groups is 1. The van der Waals surface area contributed by atoms with Crippen molar-refractivity contribution < 1.29 is 19.4 Å².